The van der Waals surface area contributed by atoms with Gasteiger partial charge in [-0.05, 0) is 42.9 Å². The number of nitrogens with zero attached hydrogens (tertiary/aromatic N) is 2. The third-order valence-electron chi connectivity index (χ3n) is 3.78. The first kappa shape index (κ1) is 16.6. The standard InChI is InChI=1S/C16H27N3O/c1-13(2)15(8-9-17)6-7-16(20)19(3)12-14-5-4-10-18-11-14/h4-5,10-11,13,15H,6-9,12,17H2,1-3H3. The average molecular weight is 277 g/mol. The van der Waals surface area contributed by atoms with Crippen molar-refractivity contribution in [1.82, 2.24) is 9.88 Å². The van der Waals surface area contributed by atoms with Crippen LogP contribution >= 0.6 is 0 Å². The molecular weight excluding hydrogens is 250 g/mol. The molecule has 4 nitrogen and oxygen atoms in total. The number of nitrogens with two attached hydrogens (primary N) is 1. The molecule has 0 fully saturated rings. The van der Waals surface area contributed by atoms with Gasteiger partial charge in [0.1, 0.15) is 0 Å². The molecule has 0 aliphatic heterocycles. The minimum atomic E-state index is 0.191. The lowest BCUT2D eigenvalue weighted by molar-refractivity contribution is -0.130. The van der Waals surface area contributed by atoms with Crippen molar-refractivity contribution in [1.29, 1.82) is 0 Å². The molecule has 1 unspecified atom stereocenters. The fourth-order valence-electron chi connectivity index (χ4n) is 2.38. The number of carbonyl (C=O) groups is 1. The summed E-state index contributed by atoms with van der Waals surface area (Å²) in [4.78, 5) is 18.0. The molecular formula is C16H27N3O. The molecule has 0 bridgehead atoms. The van der Waals surface area contributed by atoms with Gasteiger partial charge in [0.25, 0.3) is 0 Å². The number of carbonyl (C=O) groups excluding carboxylic acids is 1. The first-order valence-electron chi connectivity index (χ1n) is 7.37. The Bertz CT molecular complexity index is 392. The highest BCUT2D eigenvalue weighted by Gasteiger charge is 2.16. The molecule has 1 rings (SSSR count). The van der Waals surface area contributed by atoms with Crippen LogP contribution in [0, 0.1) is 11.8 Å². The molecule has 0 saturated heterocycles. The summed E-state index contributed by atoms with van der Waals surface area (Å²) in [6, 6.07) is 3.88. The maximum Gasteiger partial charge on any atom is 0.222 e. The topological polar surface area (TPSA) is 59.2 Å². The van der Waals surface area contributed by atoms with Crippen molar-refractivity contribution in [3.8, 4) is 0 Å². The number of hydrogen-bond donors (Lipinski definition) is 1. The smallest absolute Gasteiger partial charge is 0.222 e. The van der Waals surface area contributed by atoms with E-state index in [2.05, 4.69) is 18.8 Å². The molecule has 0 spiro atoms. The zero-order chi connectivity index (χ0) is 15.0. The van der Waals surface area contributed by atoms with Crippen molar-refractivity contribution >= 4 is 5.91 Å². The lowest BCUT2D eigenvalue weighted by Gasteiger charge is -2.22. The van der Waals surface area contributed by atoms with E-state index in [1.54, 1.807) is 17.3 Å². The predicted molar refractivity (Wildman–Crippen MR) is 81.9 cm³/mol. The quantitative estimate of drug-likeness (QED) is 0.794. The molecule has 20 heavy (non-hydrogen) atoms. The van der Waals surface area contributed by atoms with Crippen LogP contribution in [-0.2, 0) is 11.3 Å². The Morgan fingerprint density at radius 1 is 1.40 bits per heavy atom. The van der Waals surface area contributed by atoms with Crippen LogP contribution in [0.5, 0.6) is 0 Å². The maximum atomic E-state index is 12.2. The van der Waals surface area contributed by atoms with Gasteiger partial charge in [0, 0.05) is 32.4 Å². The molecule has 1 heterocycles. The first-order chi connectivity index (χ1) is 9.54. The maximum absolute atomic E-state index is 12.2. The first-order valence-corrected chi connectivity index (χ1v) is 7.37. The number of pyridine rings is 1. The van der Waals surface area contributed by atoms with Gasteiger partial charge in [-0.1, -0.05) is 19.9 Å². The van der Waals surface area contributed by atoms with E-state index >= 15 is 0 Å². The van der Waals surface area contributed by atoms with Crippen LogP contribution in [-0.4, -0.2) is 29.4 Å². The third-order valence-corrected chi connectivity index (χ3v) is 3.78. The fraction of sp³-hybridized carbons (Fsp3) is 0.625. The molecule has 4 heteroatoms. The van der Waals surface area contributed by atoms with Crippen LogP contribution in [0.2, 0.25) is 0 Å². The summed E-state index contributed by atoms with van der Waals surface area (Å²) in [6.07, 6.45) is 6.06. The Balaban J connectivity index is 2.41. The van der Waals surface area contributed by atoms with Crippen LogP contribution in [0.1, 0.15) is 38.7 Å². The van der Waals surface area contributed by atoms with Gasteiger partial charge in [0.05, 0.1) is 0 Å². The van der Waals surface area contributed by atoms with Gasteiger partial charge in [-0.3, -0.25) is 9.78 Å². The van der Waals surface area contributed by atoms with Crippen LogP contribution in [0.3, 0.4) is 0 Å². The SMILES string of the molecule is CC(C)C(CCN)CCC(=O)N(C)Cc1cccnc1. The van der Waals surface area contributed by atoms with Crippen molar-refractivity contribution in [3.63, 3.8) is 0 Å². The molecule has 0 saturated carbocycles. The van der Waals surface area contributed by atoms with Gasteiger partial charge in [0.2, 0.25) is 5.91 Å². The largest absolute Gasteiger partial charge is 0.341 e. The van der Waals surface area contributed by atoms with Crippen LogP contribution in [0.15, 0.2) is 24.5 Å². The highest BCUT2D eigenvalue weighted by molar-refractivity contribution is 5.75. The van der Waals surface area contributed by atoms with Gasteiger partial charge in [-0.15, -0.1) is 0 Å². The van der Waals surface area contributed by atoms with E-state index in [0.717, 1.165) is 18.4 Å². The molecule has 2 N–H and O–H groups in total. The highest BCUT2D eigenvalue weighted by atomic mass is 16.2. The van der Waals surface area contributed by atoms with Crippen molar-refractivity contribution in [2.45, 2.75) is 39.7 Å². The van der Waals surface area contributed by atoms with E-state index in [9.17, 15) is 4.79 Å². The third kappa shape index (κ3) is 5.70. The molecule has 1 aromatic rings. The summed E-state index contributed by atoms with van der Waals surface area (Å²) in [5, 5.41) is 0. The number of amides is 1. The second kappa shape index (κ2) is 8.69. The van der Waals surface area contributed by atoms with Gasteiger partial charge in [-0.2, -0.15) is 0 Å². The molecule has 1 aromatic heterocycles. The Hall–Kier alpha value is -1.42. The van der Waals surface area contributed by atoms with Crippen molar-refractivity contribution in [2.75, 3.05) is 13.6 Å². The summed E-state index contributed by atoms with van der Waals surface area (Å²) >= 11 is 0. The Labute approximate surface area is 122 Å². The van der Waals surface area contributed by atoms with Gasteiger partial charge in [0.15, 0.2) is 0 Å². The number of aromatic nitrogens is 1. The second-order valence-corrected chi connectivity index (χ2v) is 5.73. The second-order valence-electron chi connectivity index (χ2n) is 5.73. The zero-order valence-corrected chi connectivity index (χ0v) is 12.9. The van der Waals surface area contributed by atoms with Crippen molar-refractivity contribution < 1.29 is 4.79 Å². The number of rotatable bonds is 8. The Morgan fingerprint density at radius 3 is 2.70 bits per heavy atom. The highest BCUT2D eigenvalue weighted by Crippen LogP contribution is 2.21. The average Bonchev–Trinajstić information content (AvgIpc) is 2.43. The number of hydrogen-bond acceptors (Lipinski definition) is 3. The summed E-state index contributed by atoms with van der Waals surface area (Å²) in [5.41, 5.74) is 6.69. The van der Waals surface area contributed by atoms with Gasteiger partial charge in [-0.25, -0.2) is 0 Å². The van der Waals surface area contributed by atoms with Crippen LogP contribution in [0.4, 0.5) is 0 Å². The van der Waals surface area contributed by atoms with E-state index in [1.165, 1.54) is 0 Å². The lowest BCUT2D eigenvalue weighted by Crippen LogP contribution is -2.27. The Morgan fingerprint density at radius 2 is 2.15 bits per heavy atom. The molecule has 1 atom stereocenters. The molecule has 0 aliphatic carbocycles. The molecule has 112 valence electrons. The van der Waals surface area contributed by atoms with Crippen molar-refractivity contribution in [2.24, 2.45) is 17.6 Å². The normalized spacial score (nSPS) is 12.4. The van der Waals surface area contributed by atoms with Gasteiger partial charge >= 0.3 is 0 Å². The zero-order valence-electron chi connectivity index (χ0n) is 12.9. The summed E-state index contributed by atoms with van der Waals surface area (Å²) in [7, 11) is 1.85. The van der Waals surface area contributed by atoms with Crippen LogP contribution in [0.25, 0.3) is 0 Å². The summed E-state index contributed by atoms with van der Waals surface area (Å²) in [6.45, 7) is 5.72. The van der Waals surface area contributed by atoms with Crippen LogP contribution < -0.4 is 5.73 Å². The van der Waals surface area contributed by atoms with E-state index in [1.807, 2.05) is 19.2 Å². The van der Waals surface area contributed by atoms with E-state index in [4.69, 9.17) is 5.73 Å². The summed E-state index contributed by atoms with van der Waals surface area (Å²) in [5.74, 6) is 1.31. The van der Waals surface area contributed by atoms with E-state index in [0.29, 0.717) is 31.3 Å². The molecule has 0 radical (unpaired) electrons. The van der Waals surface area contributed by atoms with E-state index in [-0.39, 0.29) is 5.91 Å². The summed E-state index contributed by atoms with van der Waals surface area (Å²) < 4.78 is 0. The molecule has 0 aliphatic rings. The Kier molecular flexibility index (Phi) is 7.23. The van der Waals surface area contributed by atoms with Crippen molar-refractivity contribution in [3.05, 3.63) is 30.1 Å². The van der Waals surface area contributed by atoms with Gasteiger partial charge < -0.3 is 10.6 Å². The minimum absolute atomic E-state index is 0.191. The lowest BCUT2D eigenvalue weighted by atomic mass is 9.88. The fourth-order valence-corrected chi connectivity index (χ4v) is 2.38. The molecule has 1 amide bonds. The monoisotopic (exact) mass is 277 g/mol. The predicted octanol–water partition coefficient (Wildman–Crippen LogP) is 2.44. The minimum Gasteiger partial charge on any atom is -0.341 e. The molecule has 0 aromatic carbocycles. The van der Waals surface area contributed by atoms with E-state index < -0.39 is 0 Å².